The fraction of sp³-hybridized carbons (Fsp3) is 0.185. The smallest absolute Gasteiger partial charge is 0.262 e. The van der Waals surface area contributed by atoms with Gasteiger partial charge in [0.15, 0.2) is 0 Å². The fourth-order valence-corrected chi connectivity index (χ4v) is 3.78. The van der Waals surface area contributed by atoms with Crippen LogP contribution in [0, 0.1) is 5.92 Å². The molecule has 0 aliphatic carbocycles. The molecule has 1 aliphatic rings. The number of hydrogen-bond acceptors (Lipinski definition) is 4. The second-order valence-corrected chi connectivity index (χ2v) is 8.44. The van der Waals surface area contributed by atoms with Crippen molar-refractivity contribution in [1.29, 1.82) is 0 Å². The third-order valence-corrected chi connectivity index (χ3v) is 5.66. The number of carbonyl (C=O) groups excluding carboxylic acids is 4. The molecule has 7 heteroatoms. The van der Waals surface area contributed by atoms with Gasteiger partial charge in [0.05, 0.1) is 11.1 Å². The summed E-state index contributed by atoms with van der Waals surface area (Å²) < 4.78 is 0. The SMILES string of the molecule is CC(C)C(=O)Nc1ccc(NC(=O)[C@H](Cc2ccccc2)N2C(=O)c3ccccc3C2=O)cc1. The second kappa shape index (κ2) is 9.70. The third kappa shape index (κ3) is 4.73. The maximum Gasteiger partial charge on any atom is 0.262 e. The molecule has 0 unspecified atom stereocenters. The van der Waals surface area contributed by atoms with Gasteiger partial charge in [-0.25, -0.2) is 0 Å². The van der Waals surface area contributed by atoms with Crippen LogP contribution in [0.15, 0.2) is 78.9 Å². The predicted octanol–water partition coefficient (Wildman–Crippen LogP) is 4.13. The lowest BCUT2D eigenvalue weighted by atomic mass is 10.0. The van der Waals surface area contributed by atoms with Crippen molar-refractivity contribution in [2.75, 3.05) is 10.6 Å². The molecule has 2 N–H and O–H groups in total. The van der Waals surface area contributed by atoms with Gasteiger partial charge in [0, 0.05) is 23.7 Å². The number of fused-ring (bicyclic) bond motifs is 1. The van der Waals surface area contributed by atoms with Gasteiger partial charge in [-0.1, -0.05) is 56.3 Å². The number of carbonyl (C=O) groups is 4. The number of anilines is 2. The van der Waals surface area contributed by atoms with Gasteiger partial charge in [0.25, 0.3) is 11.8 Å². The Morgan fingerprint density at radius 2 is 1.18 bits per heavy atom. The second-order valence-electron chi connectivity index (χ2n) is 8.44. The van der Waals surface area contributed by atoms with Crippen molar-refractivity contribution in [1.82, 2.24) is 4.90 Å². The quantitative estimate of drug-likeness (QED) is 0.524. The molecule has 4 rings (SSSR count). The van der Waals surface area contributed by atoms with E-state index in [2.05, 4.69) is 10.6 Å². The monoisotopic (exact) mass is 455 g/mol. The predicted molar refractivity (Wildman–Crippen MR) is 129 cm³/mol. The van der Waals surface area contributed by atoms with Crippen LogP contribution in [-0.4, -0.2) is 34.6 Å². The van der Waals surface area contributed by atoms with Gasteiger partial charge in [0.2, 0.25) is 11.8 Å². The first-order chi connectivity index (χ1) is 16.3. The van der Waals surface area contributed by atoms with E-state index in [-0.39, 0.29) is 18.2 Å². The zero-order valence-electron chi connectivity index (χ0n) is 18.9. The molecule has 172 valence electrons. The van der Waals surface area contributed by atoms with Gasteiger partial charge in [0.1, 0.15) is 6.04 Å². The van der Waals surface area contributed by atoms with Crippen molar-refractivity contribution in [3.63, 3.8) is 0 Å². The highest BCUT2D eigenvalue weighted by molar-refractivity contribution is 6.23. The number of rotatable bonds is 7. The third-order valence-electron chi connectivity index (χ3n) is 5.66. The first kappa shape index (κ1) is 22.9. The van der Waals surface area contributed by atoms with Gasteiger partial charge < -0.3 is 10.6 Å². The standard InChI is InChI=1S/C27H25N3O4/c1-17(2)24(31)28-19-12-14-20(15-13-19)29-25(32)23(16-18-8-4-3-5-9-18)30-26(33)21-10-6-7-11-22(21)27(30)34/h3-15,17,23H,16H2,1-2H3,(H,28,31)(H,29,32)/t23-/m0/s1. The molecule has 1 aliphatic heterocycles. The van der Waals surface area contributed by atoms with Crippen LogP contribution in [0.5, 0.6) is 0 Å². The minimum atomic E-state index is -1.03. The number of amides is 4. The molecule has 0 radical (unpaired) electrons. The van der Waals surface area contributed by atoms with Gasteiger partial charge in [-0.2, -0.15) is 0 Å². The minimum Gasteiger partial charge on any atom is -0.326 e. The van der Waals surface area contributed by atoms with E-state index >= 15 is 0 Å². The Hall–Kier alpha value is -4.26. The largest absolute Gasteiger partial charge is 0.326 e. The lowest BCUT2D eigenvalue weighted by molar-refractivity contribution is -0.120. The van der Waals surface area contributed by atoms with Crippen molar-refractivity contribution in [3.8, 4) is 0 Å². The van der Waals surface area contributed by atoms with Crippen LogP contribution in [0.4, 0.5) is 11.4 Å². The first-order valence-electron chi connectivity index (χ1n) is 11.1. The van der Waals surface area contributed by atoms with Crippen LogP contribution in [0.1, 0.15) is 40.1 Å². The van der Waals surface area contributed by atoms with Crippen molar-refractivity contribution in [3.05, 3.63) is 95.6 Å². The summed E-state index contributed by atoms with van der Waals surface area (Å²) in [6.45, 7) is 3.60. The summed E-state index contributed by atoms with van der Waals surface area (Å²) in [6.07, 6.45) is 0.181. The lowest BCUT2D eigenvalue weighted by Gasteiger charge is -2.25. The molecule has 0 aromatic heterocycles. The highest BCUT2D eigenvalue weighted by atomic mass is 16.2. The Labute approximate surface area is 197 Å². The van der Waals surface area contributed by atoms with Crippen molar-refractivity contribution < 1.29 is 19.2 Å². The van der Waals surface area contributed by atoms with Crippen LogP contribution in [0.2, 0.25) is 0 Å². The van der Waals surface area contributed by atoms with Gasteiger partial charge >= 0.3 is 0 Å². The fourth-order valence-electron chi connectivity index (χ4n) is 3.78. The van der Waals surface area contributed by atoms with Gasteiger partial charge in [-0.15, -0.1) is 0 Å². The molecule has 1 heterocycles. The molecule has 0 fully saturated rings. The van der Waals surface area contributed by atoms with E-state index in [4.69, 9.17) is 0 Å². The van der Waals surface area contributed by atoms with E-state index in [1.165, 1.54) is 0 Å². The zero-order chi connectivity index (χ0) is 24.2. The molecule has 4 amide bonds. The molecule has 0 saturated carbocycles. The summed E-state index contributed by atoms with van der Waals surface area (Å²) in [4.78, 5) is 52.5. The van der Waals surface area contributed by atoms with E-state index in [9.17, 15) is 19.2 Å². The van der Waals surface area contributed by atoms with E-state index in [0.717, 1.165) is 10.5 Å². The summed E-state index contributed by atoms with van der Waals surface area (Å²) in [7, 11) is 0. The zero-order valence-corrected chi connectivity index (χ0v) is 18.9. The van der Waals surface area contributed by atoms with Crippen LogP contribution in [-0.2, 0) is 16.0 Å². The Morgan fingerprint density at radius 3 is 1.68 bits per heavy atom. The van der Waals surface area contributed by atoms with Crippen molar-refractivity contribution in [2.45, 2.75) is 26.3 Å². The van der Waals surface area contributed by atoms with Crippen LogP contribution >= 0.6 is 0 Å². The molecule has 3 aromatic rings. The Kier molecular flexibility index (Phi) is 6.54. The topological polar surface area (TPSA) is 95.6 Å². The average molecular weight is 456 g/mol. The number of benzene rings is 3. The summed E-state index contributed by atoms with van der Waals surface area (Å²) in [5.41, 5.74) is 2.51. The van der Waals surface area contributed by atoms with E-state index in [1.54, 1.807) is 62.4 Å². The Bertz CT molecular complexity index is 1200. The number of nitrogens with one attached hydrogen (secondary N) is 2. The summed E-state index contributed by atoms with van der Waals surface area (Å²) in [5.74, 6) is -1.70. The van der Waals surface area contributed by atoms with Gasteiger partial charge in [-0.3, -0.25) is 24.1 Å². The normalized spacial score (nSPS) is 13.6. The summed E-state index contributed by atoms with van der Waals surface area (Å²) >= 11 is 0. The molecule has 3 aromatic carbocycles. The van der Waals surface area contributed by atoms with Crippen molar-refractivity contribution in [2.24, 2.45) is 5.92 Å². The first-order valence-corrected chi connectivity index (χ1v) is 11.1. The van der Waals surface area contributed by atoms with Crippen LogP contribution in [0.3, 0.4) is 0 Å². The Balaban J connectivity index is 1.57. The highest BCUT2D eigenvalue weighted by Gasteiger charge is 2.42. The molecule has 7 nitrogen and oxygen atoms in total. The van der Waals surface area contributed by atoms with E-state index in [0.29, 0.717) is 22.5 Å². The molecular formula is C27H25N3O4. The number of nitrogens with zero attached hydrogens (tertiary/aromatic N) is 1. The molecule has 34 heavy (non-hydrogen) atoms. The number of imide groups is 1. The minimum absolute atomic E-state index is 0.106. The molecular weight excluding hydrogens is 430 g/mol. The molecule has 0 bridgehead atoms. The number of hydrogen-bond donors (Lipinski definition) is 2. The lowest BCUT2D eigenvalue weighted by Crippen LogP contribution is -2.48. The Morgan fingerprint density at radius 1 is 0.706 bits per heavy atom. The molecule has 0 saturated heterocycles. The highest BCUT2D eigenvalue weighted by Crippen LogP contribution is 2.27. The van der Waals surface area contributed by atoms with E-state index in [1.807, 2.05) is 30.3 Å². The van der Waals surface area contributed by atoms with E-state index < -0.39 is 23.8 Å². The van der Waals surface area contributed by atoms with Crippen molar-refractivity contribution >= 4 is 35.0 Å². The maximum atomic E-state index is 13.4. The summed E-state index contributed by atoms with van der Waals surface area (Å²) in [5, 5.41) is 5.61. The molecule has 0 spiro atoms. The van der Waals surface area contributed by atoms with Crippen LogP contribution < -0.4 is 10.6 Å². The summed E-state index contributed by atoms with van der Waals surface area (Å²) in [6, 6.07) is 21.5. The molecule has 1 atom stereocenters. The maximum absolute atomic E-state index is 13.4. The van der Waals surface area contributed by atoms with Crippen LogP contribution in [0.25, 0.3) is 0 Å². The average Bonchev–Trinajstić information content (AvgIpc) is 3.09. The van der Waals surface area contributed by atoms with Gasteiger partial charge in [-0.05, 0) is 42.0 Å².